The molecule has 0 radical (unpaired) electrons. The minimum atomic E-state index is -4.06. The summed E-state index contributed by atoms with van der Waals surface area (Å²) in [4.78, 5) is 18.1. The molecule has 1 aliphatic rings. The van der Waals surface area contributed by atoms with Crippen molar-refractivity contribution >= 4 is 26.5 Å². The minimum Gasteiger partial charge on any atom is -0.376 e. The Bertz CT molecular complexity index is 1680. The third-order valence-electron chi connectivity index (χ3n) is 6.59. The first-order valence-electron chi connectivity index (χ1n) is 11.2. The second kappa shape index (κ2) is 8.18. The highest BCUT2D eigenvalue weighted by molar-refractivity contribution is 7.91. The third kappa shape index (κ3) is 3.56. The van der Waals surface area contributed by atoms with Crippen LogP contribution in [0.25, 0.3) is 16.7 Å². The van der Waals surface area contributed by atoms with E-state index in [4.69, 9.17) is 15.1 Å². The average Bonchev–Trinajstić information content (AvgIpc) is 3.31. The summed E-state index contributed by atoms with van der Waals surface area (Å²) in [6.45, 7) is 6.49. The molecule has 5 rings (SSSR count). The van der Waals surface area contributed by atoms with E-state index in [1.165, 1.54) is 15.0 Å². The lowest BCUT2D eigenvalue weighted by Gasteiger charge is -2.18. The number of ether oxygens (including phenoxy) is 1. The van der Waals surface area contributed by atoms with E-state index in [0.29, 0.717) is 17.9 Å². The van der Waals surface area contributed by atoms with Crippen molar-refractivity contribution in [1.82, 2.24) is 14.0 Å². The van der Waals surface area contributed by atoms with Crippen molar-refractivity contribution in [2.45, 2.75) is 56.1 Å². The summed E-state index contributed by atoms with van der Waals surface area (Å²) in [6, 6.07) is 9.81. The Balaban J connectivity index is 1.86. The van der Waals surface area contributed by atoms with Gasteiger partial charge in [-0.15, -0.1) is 0 Å². The Hall–Kier alpha value is -3.30. The molecule has 0 amide bonds. The fourth-order valence-corrected chi connectivity index (χ4v) is 5.92. The molecule has 1 N–H and O–H groups in total. The fourth-order valence-electron chi connectivity index (χ4n) is 4.45. The Kier molecular flexibility index (Phi) is 5.41. The normalized spacial score (nSPS) is 16.5. The number of hydrogen-bond donors (Lipinski definition) is 1. The standard InChI is InChI=1S/C25H26N4O4S/c1-15-8-9-19(12-17(15)3)34(31,32)21-13-20-24(29(22(21)26)14-18-7-5-11-33-18)27-23-16(2)6-4-10-28(23)25(20)30/h4,6,8-10,12-13,18,26H,5,7,11,14H2,1-3H3/t18-/m1/s1. The van der Waals surface area contributed by atoms with E-state index in [-0.39, 0.29) is 38.9 Å². The number of fused-ring (bicyclic) bond motifs is 2. The number of hydrogen-bond acceptors (Lipinski definition) is 6. The van der Waals surface area contributed by atoms with Crippen molar-refractivity contribution in [3.8, 4) is 0 Å². The molecule has 34 heavy (non-hydrogen) atoms. The number of nitrogens with one attached hydrogen (secondary N) is 1. The molecule has 0 spiro atoms. The van der Waals surface area contributed by atoms with Gasteiger partial charge in [-0.05, 0) is 74.6 Å². The number of aryl methyl sites for hydroxylation is 3. The van der Waals surface area contributed by atoms with Crippen LogP contribution in [0.1, 0.15) is 29.5 Å². The van der Waals surface area contributed by atoms with Crippen LogP contribution in [0.4, 0.5) is 0 Å². The number of benzene rings is 1. The molecule has 0 aliphatic carbocycles. The predicted molar refractivity (Wildman–Crippen MR) is 128 cm³/mol. The molecule has 0 saturated carbocycles. The maximum atomic E-state index is 13.7. The van der Waals surface area contributed by atoms with Gasteiger partial charge in [-0.2, -0.15) is 0 Å². The van der Waals surface area contributed by atoms with Gasteiger partial charge in [-0.3, -0.25) is 14.6 Å². The van der Waals surface area contributed by atoms with Crippen LogP contribution >= 0.6 is 0 Å². The van der Waals surface area contributed by atoms with Crippen LogP contribution in [0.2, 0.25) is 0 Å². The van der Waals surface area contributed by atoms with Crippen LogP contribution in [-0.2, 0) is 21.1 Å². The number of nitrogens with zero attached hydrogens (tertiary/aromatic N) is 3. The van der Waals surface area contributed by atoms with Gasteiger partial charge < -0.3 is 9.30 Å². The van der Waals surface area contributed by atoms with Gasteiger partial charge in [0.25, 0.3) is 5.56 Å². The van der Waals surface area contributed by atoms with Gasteiger partial charge in [0.1, 0.15) is 21.7 Å². The number of aromatic nitrogens is 3. The van der Waals surface area contributed by atoms with Crippen LogP contribution in [-0.4, -0.2) is 35.1 Å². The number of pyridine rings is 2. The van der Waals surface area contributed by atoms with E-state index in [1.54, 1.807) is 30.5 Å². The van der Waals surface area contributed by atoms with Gasteiger partial charge in [-0.25, -0.2) is 13.4 Å². The smallest absolute Gasteiger partial charge is 0.267 e. The highest BCUT2D eigenvalue weighted by atomic mass is 32.2. The number of sulfone groups is 1. The maximum Gasteiger partial charge on any atom is 0.267 e. The lowest BCUT2D eigenvalue weighted by molar-refractivity contribution is 0.0965. The van der Waals surface area contributed by atoms with Crippen molar-refractivity contribution in [3.05, 3.63) is 75.1 Å². The highest BCUT2D eigenvalue weighted by Gasteiger charge is 2.26. The molecule has 4 heterocycles. The summed E-state index contributed by atoms with van der Waals surface area (Å²) in [6.07, 6.45) is 3.14. The molecule has 8 nitrogen and oxygen atoms in total. The molecule has 0 unspecified atom stereocenters. The zero-order chi connectivity index (χ0) is 24.2. The first kappa shape index (κ1) is 22.5. The quantitative estimate of drug-likeness (QED) is 0.454. The number of rotatable bonds is 4. The molecule has 1 aromatic carbocycles. The van der Waals surface area contributed by atoms with Gasteiger partial charge in [-0.1, -0.05) is 12.1 Å². The molecule has 3 aromatic heterocycles. The summed E-state index contributed by atoms with van der Waals surface area (Å²) >= 11 is 0. The topological polar surface area (TPSA) is 107 Å². The first-order valence-corrected chi connectivity index (χ1v) is 12.7. The SMILES string of the molecule is Cc1ccc(S(=O)(=O)c2cc3c(=O)n4cccc(C)c4nc3n(C[C@H]3CCCO3)c2=N)cc1C. The monoisotopic (exact) mass is 478 g/mol. The lowest BCUT2D eigenvalue weighted by Crippen LogP contribution is -2.33. The summed E-state index contributed by atoms with van der Waals surface area (Å²) in [7, 11) is -4.06. The Morgan fingerprint density at radius 3 is 2.59 bits per heavy atom. The summed E-state index contributed by atoms with van der Waals surface area (Å²) in [5, 5.41) is 9.06. The van der Waals surface area contributed by atoms with Gasteiger partial charge >= 0.3 is 0 Å². The van der Waals surface area contributed by atoms with Gasteiger partial charge in [0.15, 0.2) is 0 Å². The average molecular weight is 479 g/mol. The minimum absolute atomic E-state index is 0.0943. The lowest BCUT2D eigenvalue weighted by atomic mass is 10.1. The third-order valence-corrected chi connectivity index (χ3v) is 8.35. The molecule has 1 saturated heterocycles. The molecule has 9 heteroatoms. The highest BCUT2D eigenvalue weighted by Crippen LogP contribution is 2.24. The van der Waals surface area contributed by atoms with Gasteiger partial charge in [0.05, 0.1) is 22.9 Å². The van der Waals surface area contributed by atoms with Crippen molar-refractivity contribution in [2.24, 2.45) is 0 Å². The van der Waals surface area contributed by atoms with Crippen LogP contribution in [0.3, 0.4) is 0 Å². The van der Waals surface area contributed by atoms with Crippen molar-refractivity contribution < 1.29 is 13.2 Å². The van der Waals surface area contributed by atoms with E-state index < -0.39 is 9.84 Å². The largest absolute Gasteiger partial charge is 0.376 e. The molecule has 1 aliphatic heterocycles. The van der Waals surface area contributed by atoms with Crippen LogP contribution in [0, 0.1) is 26.2 Å². The van der Waals surface area contributed by atoms with E-state index in [2.05, 4.69) is 0 Å². The van der Waals surface area contributed by atoms with E-state index in [1.807, 2.05) is 26.8 Å². The fraction of sp³-hybridized carbons (Fsp3) is 0.320. The Labute approximate surface area is 196 Å². The van der Waals surface area contributed by atoms with Crippen LogP contribution < -0.4 is 11.0 Å². The second-order valence-electron chi connectivity index (χ2n) is 8.89. The predicted octanol–water partition coefficient (Wildman–Crippen LogP) is 3.07. The van der Waals surface area contributed by atoms with Crippen molar-refractivity contribution in [1.29, 1.82) is 5.41 Å². The molecule has 176 valence electrons. The Morgan fingerprint density at radius 1 is 1.09 bits per heavy atom. The molecule has 0 bridgehead atoms. The van der Waals surface area contributed by atoms with Crippen molar-refractivity contribution in [2.75, 3.05) is 6.61 Å². The molecular formula is C25H26N4O4S. The summed E-state index contributed by atoms with van der Waals surface area (Å²) in [5.41, 5.74) is 2.81. The zero-order valence-corrected chi connectivity index (χ0v) is 20.1. The molecule has 4 aromatic rings. The van der Waals surface area contributed by atoms with E-state index in [0.717, 1.165) is 29.5 Å². The zero-order valence-electron chi connectivity index (χ0n) is 19.3. The van der Waals surface area contributed by atoms with Gasteiger partial charge in [0.2, 0.25) is 9.84 Å². The van der Waals surface area contributed by atoms with Crippen molar-refractivity contribution in [3.63, 3.8) is 0 Å². The summed E-state index contributed by atoms with van der Waals surface area (Å²) < 4.78 is 36.1. The van der Waals surface area contributed by atoms with E-state index >= 15 is 0 Å². The van der Waals surface area contributed by atoms with E-state index in [9.17, 15) is 13.2 Å². The van der Waals surface area contributed by atoms with Crippen LogP contribution in [0.5, 0.6) is 0 Å². The Morgan fingerprint density at radius 2 is 1.88 bits per heavy atom. The maximum absolute atomic E-state index is 13.7. The summed E-state index contributed by atoms with van der Waals surface area (Å²) in [5.74, 6) is 0. The van der Waals surface area contributed by atoms with Gasteiger partial charge in [0, 0.05) is 12.8 Å². The molecule has 1 fully saturated rings. The molecule has 1 atom stereocenters. The first-order chi connectivity index (χ1) is 16.2. The van der Waals surface area contributed by atoms with Crippen LogP contribution in [0.15, 0.2) is 57.2 Å². The molecular weight excluding hydrogens is 452 g/mol. The second-order valence-corrected chi connectivity index (χ2v) is 10.8.